The number of nitrogens with zero attached hydrogens (tertiary/aromatic N) is 1. The molecule has 2 amide bonds. The summed E-state index contributed by atoms with van der Waals surface area (Å²) in [6.07, 6.45) is 1.32. The molecule has 108 valence electrons. The van der Waals surface area contributed by atoms with Gasteiger partial charge >= 0.3 is 12.0 Å². The molecule has 1 aliphatic heterocycles. The van der Waals surface area contributed by atoms with Crippen LogP contribution in [-0.4, -0.2) is 35.1 Å². The van der Waals surface area contributed by atoms with E-state index in [1.54, 1.807) is 6.07 Å². The molecule has 1 fully saturated rings. The Bertz CT molecular complexity index is 513. The molecule has 1 aromatic carbocycles. The monoisotopic (exact) mass is 296 g/mol. The van der Waals surface area contributed by atoms with E-state index in [9.17, 15) is 9.59 Å². The average molecular weight is 297 g/mol. The third-order valence-corrected chi connectivity index (χ3v) is 3.83. The number of benzene rings is 1. The van der Waals surface area contributed by atoms with Crippen molar-refractivity contribution in [3.8, 4) is 0 Å². The number of amides is 2. The highest BCUT2D eigenvalue weighted by molar-refractivity contribution is 6.33. The Hall–Kier alpha value is -1.75. The number of halogens is 1. The molecule has 0 unspecified atom stereocenters. The van der Waals surface area contributed by atoms with E-state index in [0.717, 1.165) is 5.56 Å². The van der Waals surface area contributed by atoms with Crippen LogP contribution in [0.25, 0.3) is 0 Å². The fourth-order valence-electron chi connectivity index (χ4n) is 2.34. The number of nitrogens with one attached hydrogen (secondary N) is 1. The van der Waals surface area contributed by atoms with Gasteiger partial charge in [-0.3, -0.25) is 4.79 Å². The number of aryl methyl sites for hydroxylation is 1. The summed E-state index contributed by atoms with van der Waals surface area (Å²) in [6, 6.07) is 5.08. The Labute approximate surface area is 122 Å². The van der Waals surface area contributed by atoms with Crippen molar-refractivity contribution < 1.29 is 14.7 Å². The van der Waals surface area contributed by atoms with Crippen LogP contribution in [0, 0.1) is 12.8 Å². The van der Waals surface area contributed by atoms with E-state index in [4.69, 9.17) is 16.7 Å². The summed E-state index contributed by atoms with van der Waals surface area (Å²) in [5, 5.41) is 12.3. The lowest BCUT2D eigenvalue weighted by molar-refractivity contribution is -0.143. The highest BCUT2D eigenvalue weighted by atomic mass is 35.5. The fraction of sp³-hybridized carbons (Fsp3) is 0.429. The maximum atomic E-state index is 12.2. The van der Waals surface area contributed by atoms with Crippen molar-refractivity contribution in [3.05, 3.63) is 28.8 Å². The molecule has 5 nitrogen and oxygen atoms in total. The summed E-state index contributed by atoms with van der Waals surface area (Å²) >= 11 is 6.06. The molecule has 1 saturated heterocycles. The molecule has 1 heterocycles. The van der Waals surface area contributed by atoms with E-state index in [-0.39, 0.29) is 12.6 Å². The van der Waals surface area contributed by atoms with Gasteiger partial charge in [-0.15, -0.1) is 0 Å². The van der Waals surface area contributed by atoms with Crippen LogP contribution in [0.4, 0.5) is 10.5 Å². The molecule has 0 saturated carbocycles. The highest BCUT2D eigenvalue weighted by Crippen LogP contribution is 2.26. The van der Waals surface area contributed by atoms with Crippen molar-refractivity contribution in [2.45, 2.75) is 19.8 Å². The molecule has 0 spiro atoms. The number of piperidine rings is 1. The number of likely N-dealkylation sites (tertiary alicyclic amines) is 1. The number of anilines is 1. The van der Waals surface area contributed by atoms with Gasteiger partial charge in [0.05, 0.1) is 16.6 Å². The van der Waals surface area contributed by atoms with E-state index in [1.807, 2.05) is 19.1 Å². The number of carboxylic acid groups (broad SMARTS) is 1. The van der Waals surface area contributed by atoms with Gasteiger partial charge in [-0.05, 0) is 31.4 Å². The summed E-state index contributed by atoms with van der Waals surface area (Å²) in [4.78, 5) is 24.7. The second kappa shape index (κ2) is 6.13. The third kappa shape index (κ3) is 3.22. The van der Waals surface area contributed by atoms with Gasteiger partial charge in [-0.25, -0.2) is 4.79 Å². The summed E-state index contributed by atoms with van der Waals surface area (Å²) in [7, 11) is 0. The van der Waals surface area contributed by atoms with Crippen LogP contribution in [0.2, 0.25) is 5.02 Å². The normalized spacial score (nSPS) is 18.7. The van der Waals surface area contributed by atoms with Gasteiger partial charge in [0.15, 0.2) is 0 Å². The van der Waals surface area contributed by atoms with Crippen molar-refractivity contribution in [2.75, 3.05) is 18.4 Å². The molecule has 1 aromatic rings. The number of carbonyl (C=O) groups excluding carboxylic acids is 1. The first-order chi connectivity index (χ1) is 9.49. The van der Waals surface area contributed by atoms with Gasteiger partial charge in [-0.2, -0.15) is 0 Å². The van der Waals surface area contributed by atoms with Gasteiger partial charge in [0, 0.05) is 13.1 Å². The number of hydrogen-bond acceptors (Lipinski definition) is 2. The van der Waals surface area contributed by atoms with Crippen LogP contribution >= 0.6 is 11.6 Å². The van der Waals surface area contributed by atoms with Crippen LogP contribution in [0.1, 0.15) is 18.4 Å². The largest absolute Gasteiger partial charge is 0.481 e. The molecule has 0 aromatic heterocycles. The van der Waals surface area contributed by atoms with E-state index >= 15 is 0 Å². The standard InChI is InChI=1S/C14H17ClN2O3/c1-9-4-2-6-11(15)12(9)16-14(20)17-7-3-5-10(8-17)13(18)19/h2,4,6,10H,3,5,7-8H2,1H3,(H,16,20)(H,18,19)/t10-/m1/s1. The van der Waals surface area contributed by atoms with E-state index in [0.29, 0.717) is 30.1 Å². The molecule has 0 bridgehead atoms. The number of hydrogen-bond donors (Lipinski definition) is 2. The van der Waals surface area contributed by atoms with Crippen molar-refractivity contribution in [1.82, 2.24) is 4.90 Å². The minimum atomic E-state index is -0.851. The summed E-state index contributed by atoms with van der Waals surface area (Å²) in [5.41, 5.74) is 1.45. The number of rotatable bonds is 2. The first-order valence-electron chi connectivity index (χ1n) is 6.53. The predicted octanol–water partition coefficient (Wildman–Crippen LogP) is 2.98. The lowest BCUT2D eigenvalue weighted by Crippen LogP contribution is -2.44. The van der Waals surface area contributed by atoms with Crippen LogP contribution < -0.4 is 5.32 Å². The number of carbonyl (C=O) groups is 2. The summed E-state index contributed by atoms with van der Waals surface area (Å²) < 4.78 is 0. The molecule has 2 rings (SSSR count). The maximum Gasteiger partial charge on any atom is 0.321 e. The quantitative estimate of drug-likeness (QED) is 0.881. The molecule has 1 aliphatic rings. The smallest absolute Gasteiger partial charge is 0.321 e. The third-order valence-electron chi connectivity index (χ3n) is 3.51. The van der Waals surface area contributed by atoms with Crippen LogP contribution in [0.15, 0.2) is 18.2 Å². The zero-order chi connectivity index (χ0) is 14.7. The molecule has 6 heteroatoms. The van der Waals surface area contributed by atoms with Crippen LogP contribution in [0.5, 0.6) is 0 Å². The van der Waals surface area contributed by atoms with Crippen molar-refractivity contribution in [3.63, 3.8) is 0 Å². The van der Waals surface area contributed by atoms with Gasteiger partial charge in [-0.1, -0.05) is 23.7 Å². The molecular weight excluding hydrogens is 280 g/mol. The topological polar surface area (TPSA) is 69.6 Å². The van der Waals surface area contributed by atoms with Gasteiger partial charge < -0.3 is 15.3 Å². The minimum Gasteiger partial charge on any atom is -0.481 e. The maximum absolute atomic E-state index is 12.2. The highest BCUT2D eigenvalue weighted by Gasteiger charge is 2.28. The molecule has 0 aliphatic carbocycles. The summed E-state index contributed by atoms with van der Waals surface area (Å²) in [6.45, 7) is 2.67. The number of carboxylic acids is 1. The van der Waals surface area contributed by atoms with Crippen molar-refractivity contribution >= 4 is 29.3 Å². The molecule has 2 N–H and O–H groups in total. The van der Waals surface area contributed by atoms with E-state index in [2.05, 4.69) is 5.32 Å². The first kappa shape index (κ1) is 14.7. The Kier molecular flexibility index (Phi) is 4.49. The molecule has 20 heavy (non-hydrogen) atoms. The van der Waals surface area contributed by atoms with Gasteiger partial charge in [0.1, 0.15) is 0 Å². The van der Waals surface area contributed by atoms with Crippen LogP contribution in [-0.2, 0) is 4.79 Å². The van der Waals surface area contributed by atoms with E-state index in [1.165, 1.54) is 4.90 Å². The number of para-hydroxylation sites is 1. The van der Waals surface area contributed by atoms with E-state index < -0.39 is 11.9 Å². The Balaban J connectivity index is 2.06. The SMILES string of the molecule is Cc1cccc(Cl)c1NC(=O)N1CCC[C@@H](C(=O)O)C1. The lowest BCUT2D eigenvalue weighted by Gasteiger charge is -2.31. The lowest BCUT2D eigenvalue weighted by atomic mass is 9.99. The average Bonchev–Trinajstić information content (AvgIpc) is 2.43. The Morgan fingerprint density at radius 3 is 2.85 bits per heavy atom. The van der Waals surface area contributed by atoms with Crippen molar-refractivity contribution in [2.24, 2.45) is 5.92 Å². The fourth-order valence-corrected chi connectivity index (χ4v) is 2.61. The summed E-state index contributed by atoms with van der Waals surface area (Å²) in [5.74, 6) is -1.33. The second-order valence-corrected chi connectivity index (χ2v) is 5.39. The molecule has 0 radical (unpaired) electrons. The number of aliphatic carboxylic acids is 1. The first-order valence-corrected chi connectivity index (χ1v) is 6.90. The zero-order valence-corrected chi connectivity index (χ0v) is 12.0. The number of urea groups is 1. The van der Waals surface area contributed by atoms with Gasteiger partial charge in [0.25, 0.3) is 0 Å². The predicted molar refractivity (Wildman–Crippen MR) is 77.1 cm³/mol. The van der Waals surface area contributed by atoms with Gasteiger partial charge in [0.2, 0.25) is 0 Å². The molecular formula is C14H17ClN2O3. The zero-order valence-electron chi connectivity index (χ0n) is 11.2. The van der Waals surface area contributed by atoms with Crippen LogP contribution in [0.3, 0.4) is 0 Å². The van der Waals surface area contributed by atoms with Crippen molar-refractivity contribution in [1.29, 1.82) is 0 Å². The Morgan fingerprint density at radius 1 is 1.45 bits per heavy atom. The minimum absolute atomic E-state index is 0.241. The Morgan fingerprint density at radius 2 is 2.20 bits per heavy atom. The second-order valence-electron chi connectivity index (χ2n) is 4.99. The molecule has 1 atom stereocenters.